The van der Waals surface area contributed by atoms with Crippen molar-refractivity contribution in [2.45, 2.75) is 109 Å². The molecule has 1 aliphatic heterocycles. The topological polar surface area (TPSA) is 49.8 Å². The van der Waals surface area contributed by atoms with Crippen LogP contribution in [0.15, 0.2) is 54.6 Å². The highest BCUT2D eigenvalue weighted by Crippen LogP contribution is 2.42. The first-order valence-electron chi connectivity index (χ1n) is 14.4. The molecule has 204 valence electrons. The zero-order chi connectivity index (χ0) is 27.2. The average Bonchev–Trinajstić information content (AvgIpc) is 2.86. The third-order valence-electron chi connectivity index (χ3n) is 8.55. The van der Waals surface area contributed by atoms with Crippen molar-refractivity contribution in [1.82, 2.24) is 4.90 Å². The van der Waals surface area contributed by atoms with Gasteiger partial charge >= 0.3 is 0 Å². The van der Waals surface area contributed by atoms with Crippen LogP contribution >= 0.6 is 0 Å². The Kier molecular flexibility index (Phi) is 10.2. The fourth-order valence-electron chi connectivity index (χ4n) is 6.59. The van der Waals surface area contributed by atoms with Crippen molar-refractivity contribution in [3.8, 4) is 5.75 Å². The summed E-state index contributed by atoms with van der Waals surface area (Å²) in [6, 6.07) is 18.0. The van der Waals surface area contributed by atoms with E-state index in [9.17, 15) is 9.90 Å². The summed E-state index contributed by atoms with van der Waals surface area (Å²) < 4.78 is 6.81. The first-order valence-corrected chi connectivity index (χ1v) is 16.5. The van der Waals surface area contributed by atoms with Gasteiger partial charge in [0.15, 0.2) is 5.78 Å². The molecular formula is C32H49NO3Si. The number of benzene rings is 2. The van der Waals surface area contributed by atoms with Gasteiger partial charge in [0.25, 0.3) is 8.32 Å². The summed E-state index contributed by atoms with van der Waals surface area (Å²) in [5, 5.41) is 11.2. The molecule has 0 saturated carbocycles. The summed E-state index contributed by atoms with van der Waals surface area (Å²) in [7, 11) is -2.03. The Morgan fingerprint density at radius 3 is 1.95 bits per heavy atom. The number of nitrogens with zero attached hydrogens (tertiary/aromatic N) is 1. The molecule has 2 aromatic rings. The van der Waals surface area contributed by atoms with Crippen molar-refractivity contribution in [3.05, 3.63) is 65.7 Å². The fraction of sp³-hybridized carbons (Fsp3) is 0.594. The molecule has 4 nitrogen and oxygen atoms in total. The maximum absolute atomic E-state index is 13.7. The molecule has 37 heavy (non-hydrogen) atoms. The van der Waals surface area contributed by atoms with Gasteiger partial charge in [-0.1, -0.05) is 85.2 Å². The fourth-order valence-corrected chi connectivity index (χ4v) is 11.8. The van der Waals surface area contributed by atoms with E-state index in [1.54, 1.807) is 0 Å². The van der Waals surface area contributed by atoms with Crippen molar-refractivity contribution in [3.63, 3.8) is 0 Å². The molecule has 3 rings (SSSR count). The lowest BCUT2D eigenvalue weighted by molar-refractivity contribution is -0.0290. The van der Waals surface area contributed by atoms with Crippen molar-refractivity contribution in [2.24, 2.45) is 0 Å². The zero-order valence-electron chi connectivity index (χ0n) is 24.2. The normalized spacial score (nSPS) is 17.4. The third-order valence-corrected chi connectivity index (χ3v) is 14.6. The SMILES string of the molecule is CCCC(C(=O)c1ccc(O[Si](C(C)C)(C(C)C)C(C)C)cc1)N1CCC(O)(Cc2ccccc2)CC1. The minimum atomic E-state index is -2.03. The average molecular weight is 524 g/mol. The molecule has 1 atom stereocenters. The molecule has 0 aliphatic carbocycles. The van der Waals surface area contributed by atoms with E-state index in [0.29, 0.717) is 35.9 Å². The molecular weight excluding hydrogens is 474 g/mol. The molecule has 2 aromatic carbocycles. The van der Waals surface area contributed by atoms with Crippen LogP contribution < -0.4 is 4.43 Å². The van der Waals surface area contributed by atoms with Crippen LogP contribution in [0.4, 0.5) is 0 Å². The summed E-state index contributed by atoms with van der Waals surface area (Å²) in [6.07, 6.45) is 3.83. The largest absolute Gasteiger partial charge is 0.543 e. The van der Waals surface area contributed by atoms with E-state index in [4.69, 9.17) is 4.43 Å². The molecule has 0 amide bonds. The van der Waals surface area contributed by atoms with Crippen molar-refractivity contribution in [1.29, 1.82) is 0 Å². The van der Waals surface area contributed by atoms with Gasteiger partial charge in [0, 0.05) is 25.1 Å². The van der Waals surface area contributed by atoms with Crippen LogP contribution in [-0.4, -0.2) is 48.8 Å². The number of Topliss-reactive ketones (excluding diaryl/α,β-unsaturated/α-hetero) is 1. The Bertz CT molecular complexity index is 957. The molecule has 1 N–H and O–H groups in total. The van der Waals surface area contributed by atoms with Gasteiger partial charge in [0.05, 0.1) is 11.6 Å². The third kappa shape index (κ3) is 6.93. The van der Waals surface area contributed by atoms with E-state index in [2.05, 4.69) is 65.5 Å². The van der Waals surface area contributed by atoms with E-state index in [-0.39, 0.29) is 11.8 Å². The maximum Gasteiger partial charge on any atom is 0.258 e. The summed E-state index contributed by atoms with van der Waals surface area (Å²) >= 11 is 0. The number of carbonyl (C=O) groups excluding carboxylic acids is 1. The Hall–Kier alpha value is -1.95. The second kappa shape index (κ2) is 12.7. The molecule has 1 saturated heterocycles. The summed E-state index contributed by atoms with van der Waals surface area (Å²) in [5.74, 6) is 1.07. The van der Waals surface area contributed by atoms with Gasteiger partial charge in [-0.15, -0.1) is 0 Å². The Morgan fingerprint density at radius 2 is 1.46 bits per heavy atom. The Labute approximate surface area is 226 Å². The number of hydrogen-bond donors (Lipinski definition) is 1. The lowest BCUT2D eigenvalue weighted by Gasteiger charge is -2.42. The number of carbonyl (C=O) groups is 1. The molecule has 0 radical (unpaired) electrons. The monoisotopic (exact) mass is 523 g/mol. The lowest BCUT2D eigenvalue weighted by Crippen LogP contribution is -2.51. The van der Waals surface area contributed by atoms with Gasteiger partial charge in [-0.3, -0.25) is 9.69 Å². The minimum Gasteiger partial charge on any atom is -0.543 e. The molecule has 0 bridgehead atoms. The van der Waals surface area contributed by atoms with Gasteiger partial charge in [-0.05, 0) is 65.7 Å². The Morgan fingerprint density at radius 1 is 0.919 bits per heavy atom. The summed E-state index contributed by atoms with van der Waals surface area (Å²) in [4.78, 5) is 16.0. The van der Waals surface area contributed by atoms with E-state index in [0.717, 1.165) is 37.2 Å². The van der Waals surface area contributed by atoms with Crippen molar-refractivity contribution >= 4 is 14.1 Å². The number of piperidine rings is 1. The van der Waals surface area contributed by atoms with E-state index in [1.807, 2.05) is 42.5 Å². The van der Waals surface area contributed by atoms with Crippen LogP contribution in [-0.2, 0) is 6.42 Å². The molecule has 0 aromatic heterocycles. The number of hydrogen-bond acceptors (Lipinski definition) is 4. The van der Waals surface area contributed by atoms with Crippen LogP contribution in [0.1, 0.15) is 90.1 Å². The smallest absolute Gasteiger partial charge is 0.258 e. The molecule has 1 aliphatic rings. The number of likely N-dealkylation sites (tertiary alicyclic amines) is 1. The van der Waals surface area contributed by atoms with E-state index < -0.39 is 13.9 Å². The zero-order valence-corrected chi connectivity index (χ0v) is 25.2. The van der Waals surface area contributed by atoms with Crippen molar-refractivity contribution < 1.29 is 14.3 Å². The molecule has 1 unspecified atom stereocenters. The standard InChI is InChI=1S/C32H49NO3Si/c1-8-12-30(33-21-19-32(35,20-22-33)23-27-13-10-9-11-14-27)31(34)28-15-17-29(18-16-28)36-37(24(2)3,25(4)5)26(6)7/h9-11,13-18,24-26,30,35H,8,12,19-23H2,1-7H3. The van der Waals surface area contributed by atoms with Crippen molar-refractivity contribution in [2.75, 3.05) is 13.1 Å². The highest BCUT2D eigenvalue weighted by atomic mass is 28.4. The summed E-state index contributed by atoms with van der Waals surface area (Å²) in [5.41, 5.74) is 2.73. The lowest BCUT2D eigenvalue weighted by atomic mass is 9.84. The molecule has 1 fully saturated rings. The summed E-state index contributed by atoms with van der Waals surface area (Å²) in [6.45, 7) is 17.4. The van der Waals surface area contributed by atoms with Gasteiger partial charge in [-0.2, -0.15) is 0 Å². The predicted molar refractivity (Wildman–Crippen MR) is 157 cm³/mol. The molecule has 1 heterocycles. The van der Waals surface area contributed by atoms with Gasteiger partial charge in [0.2, 0.25) is 0 Å². The number of rotatable bonds is 12. The number of aliphatic hydroxyl groups is 1. The van der Waals surface area contributed by atoms with Crippen LogP contribution in [0.25, 0.3) is 0 Å². The van der Waals surface area contributed by atoms with E-state index >= 15 is 0 Å². The van der Waals surface area contributed by atoms with Gasteiger partial charge in [0.1, 0.15) is 5.75 Å². The molecule has 0 spiro atoms. The van der Waals surface area contributed by atoms with Crippen LogP contribution in [0.5, 0.6) is 5.75 Å². The minimum absolute atomic E-state index is 0.145. The van der Waals surface area contributed by atoms with Crippen LogP contribution in [0.3, 0.4) is 0 Å². The Balaban J connectivity index is 1.70. The number of ketones is 1. The van der Waals surface area contributed by atoms with Crippen LogP contribution in [0, 0.1) is 0 Å². The van der Waals surface area contributed by atoms with Crippen LogP contribution in [0.2, 0.25) is 16.6 Å². The van der Waals surface area contributed by atoms with E-state index in [1.165, 1.54) is 5.56 Å². The molecule has 5 heteroatoms. The first-order chi connectivity index (χ1) is 17.5. The maximum atomic E-state index is 13.7. The first kappa shape index (κ1) is 29.6. The second-order valence-electron chi connectivity index (χ2n) is 12.0. The predicted octanol–water partition coefficient (Wildman–Crippen LogP) is 7.66. The highest BCUT2D eigenvalue weighted by Gasteiger charge is 2.47. The quantitative estimate of drug-likeness (QED) is 0.229. The highest BCUT2D eigenvalue weighted by molar-refractivity contribution is 6.78. The van der Waals surface area contributed by atoms with Gasteiger partial charge in [-0.25, -0.2) is 0 Å². The second-order valence-corrected chi connectivity index (χ2v) is 17.4. The van der Waals surface area contributed by atoms with Gasteiger partial charge < -0.3 is 9.53 Å².